The molecule has 1 aliphatic carbocycles. The number of rotatable bonds is 5. The van der Waals surface area contributed by atoms with Crippen molar-refractivity contribution < 1.29 is 14.7 Å². The van der Waals surface area contributed by atoms with Crippen molar-refractivity contribution in [2.24, 2.45) is 0 Å². The predicted octanol–water partition coefficient (Wildman–Crippen LogP) is 2.99. The zero-order valence-electron chi connectivity index (χ0n) is 12.0. The highest BCUT2D eigenvalue weighted by Crippen LogP contribution is 2.18. The molecule has 0 aromatic heterocycles. The van der Waals surface area contributed by atoms with E-state index in [0.29, 0.717) is 0 Å². The maximum atomic E-state index is 12.0. The molecule has 2 rings (SSSR count). The second kappa shape index (κ2) is 7.62. The Bertz CT molecular complexity index is 516. The highest BCUT2D eigenvalue weighted by molar-refractivity contribution is 5.98. The van der Waals surface area contributed by atoms with E-state index in [1.807, 2.05) is 30.3 Å². The molecule has 1 amide bonds. The zero-order chi connectivity index (χ0) is 15.1. The van der Waals surface area contributed by atoms with Crippen LogP contribution in [0.5, 0.6) is 0 Å². The van der Waals surface area contributed by atoms with Gasteiger partial charge in [0.15, 0.2) is 0 Å². The van der Waals surface area contributed by atoms with Crippen LogP contribution in [0.3, 0.4) is 0 Å². The van der Waals surface area contributed by atoms with Crippen molar-refractivity contribution in [1.29, 1.82) is 0 Å². The molecule has 0 spiro atoms. The van der Waals surface area contributed by atoms with E-state index in [2.05, 4.69) is 5.32 Å². The molecule has 0 atom stereocenters. The van der Waals surface area contributed by atoms with Gasteiger partial charge in [0.1, 0.15) is 0 Å². The molecule has 0 bridgehead atoms. The third kappa shape index (κ3) is 5.06. The summed E-state index contributed by atoms with van der Waals surface area (Å²) >= 11 is 0. The molecule has 0 saturated heterocycles. The molecule has 2 N–H and O–H groups in total. The lowest BCUT2D eigenvalue weighted by Crippen LogP contribution is -2.36. The largest absolute Gasteiger partial charge is 0.478 e. The first-order valence-electron chi connectivity index (χ1n) is 7.43. The number of benzene rings is 1. The Morgan fingerprint density at radius 1 is 1.14 bits per heavy atom. The average Bonchev–Trinajstić information content (AvgIpc) is 2.48. The van der Waals surface area contributed by atoms with Crippen LogP contribution in [0, 0.1) is 0 Å². The smallest absolute Gasteiger partial charge is 0.332 e. The number of nitrogens with one attached hydrogen (secondary N) is 1. The number of amides is 1. The maximum Gasteiger partial charge on any atom is 0.332 e. The quantitative estimate of drug-likeness (QED) is 0.818. The molecular formula is C17H21NO3. The summed E-state index contributed by atoms with van der Waals surface area (Å²) in [6.45, 7) is 0. The minimum Gasteiger partial charge on any atom is -0.478 e. The van der Waals surface area contributed by atoms with Gasteiger partial charge in [-0.3, -0.25) is 4.79 Å². The fourth-order valence-electron chi connectivity index (χ4n) is 2.64. The molecule has 0 heterocycles. The number of aliphatic carboxylic acids is 1. The van der Waals surface area contributed by atoms with Crippen LogP contribution in [0.2, 0.25) is 0 Å². The van der Waals surface area contributed by atoms with Gasteiger partial charge in [0.25, 0.3) is 0 Å². The summed E-state index contributed by atoms with van der Waals surface area (Å²) < 4.78 is 0. The molecule has 4 nitrogen and oxygen atoms in total. The molecule has 4 heteroatoms. The van der Waals surface area contributed by atoms with Crippen LogP contribution < -0.4 is 5.32 Å². The second-order valence-electron chi connectivity index (χ2n) is 5.46. The maximum absolute atomic E-state index is 12.0. The van der Waals surface area contributed by atoms with Crippen LogP contribution in [0.4, 0.5) is 0 Å². The molecule has 0 aliphatic heterocycles. The van der Waals surface area contributed by atoms with Gasteiger partial charge in [-0.2, -0.15) is 0 Å². The number of carbonyl (C=O) groups excluding carboxylic acids is 1. The van der Waals surface area contributed by atoms with Crippen LogP contribution in [-0.4, -0.2) is 23.0 Å². The van der Waals surface area contributed by atoms with Crippen molar-refractivity contribution in [3.63, 3.8) is 0 Å². The molecule has 1 saturated carbocycles. The van der Waals surface area contributed by atoms with E-state index in [1.54, 1.807) is 6.08 Å². The first kappa shape index (κ1) is 15.3. The van der Waals surface area contributed by atoms with Crippen molar-refractivity contribution in [3.05, 3.63) is 41.5 Å². The number of carboxylic acid groups (broad SMARTS) is 1. The molecule has 112 valence electrons. The zero-order valence-corrected chi connectivity index (χ0v) is 12.0. The summed E-state index contributed by atoms with van der Waals surface area (Å²) in [7, 11) is 0. The van der Waals surface area contributed by atoms with Crippen molar-refractivity contribution in [3.8, 4) is 0 Å². The molecule has 1 aromatic carbocycles. The Morgan fingerprint density at radius 2 is 1.81 bits per heavy atom. The first-order valence-corrected chi connectivity index (χ1v) is 7.43. The van der Waals surface area contributed by atoms with E-state index >= 15 is 0 Å². The number of carboxylic acids is 1. The van der Waals surface area contributed by atoms with Gasteiger partial charge in [-0.1, -0.05) is 49.6 Å². The average molecular weight is 287 g/mol. The van der Waals surface area contributed by atoms with E-state index in [4.69, 9.17) is 0 Å². The van der Waals surface area contributed by atoms with Crippen LogP contribution >= 0.6 is 0 Å². The summed E-state index contributed by atoms with van der Waals surface area (Å²) in [6.07, 6.45) is 6.96. The Morgan fingerprint density at radius 3 is 2.43 bits per heavy atom. The highest BCUT2D eigenvalue weighted by atomic mass is 16.4. The first-order chi connectivity index (χ1) is 10.1. The Hall–Kier alpha value is -2.10. The fourth-order valence-corrected chi connectivity index (χ4v) is 2.64. The lowest BCUT2D eigenvalue weighted by Gasteiger charge is -2.22. The Kier molecular flexibility index (Phi) is 5.55. The van der Waals surface area contributed by atoms with E-state index < -0.39 is 5.97 Å². The van der Waals surface area contributed by atoms with Gasteiger partial charge in [-0.25, -0.2) is 4.79 Å². The van der Waals surface area contributed by atoms with Crippen LogP contribution in [-0.2, 0) is 9.59 Å². The lowest BCUT2D eigenvalue weighted by atomic mass is 9.95. The molecule has 0 unspecified atom stereocenters. The SMILES string of the molecule is O=C(C/C(=C\c1ccccc1)C(=O)O)NC1CCCCC1. The van der Waals surface area contributed by atoms with Gasteiger partial charge in [0.2, 0.25) is 5.91 Å². The third-order valence-electron chi connectivity index (χ3n) is 3.74. The normalized spacial score (nSPS) is 16.5. The summed E-state index contributed by atoms with van der Waals surface area (Å²) in [6, 6.07) is 9.40. The van der Waals surface area contributed by atoms with Crippen LogP contribution in [0.25, 0.3) is 6.08 Å². The van der Waals surface area contributed by atoms with Gasteiger partial charge in [-0.05, 0) is 24.5 Å². The predicted molar refractivity (Wildman–Crippen MR) is 81.7 cm³/mol. The Labute approximate surface area is 124 Å². The topological polar surface area (TPSA) is 66.4 Å². The summed E-state index contributed by atoms with van der Waals surface area (Å²) in [5.74, 6) is -1.25. The van der Waals surface area contributed by atoms with Crippen molar-refractivity contribution in [1.82, 2.24) is 5.32 Å². The summed E-state index contributed by atoms with van der Waals surface area (Å²) in [4.78, 5) is 23.3. The van der Waals surface area contributed by atoms with Gasteiger partial charge in [0.05, 0.1) is 6.42 Å². The fraction of sp³-hybridized carbons (Fsp3) is 0.412. The van der Waals surface area contributed by atoms with E-state index in [0.717, 1.165) is 31.2 Å². The van der Waals surface area contributed by atoms with Gasteiger partial charge < -0.3 is 10.4 Å². The van der Waals surface area contributed by atoms with Crippen molar-refractivity contribution >= 4 is 18.0 Å². The summed E-state index contributed by atoms with van der Waals surface area (Å²) in [5.41, 5.74) is 0.912. The van der Waals surface area contributed by atoms with E-state index in [9.17, 15) is 14.7 Å². The standard InChI is InChI=1S/C17H21NO3/c19-16(18-15-9-5-2-6-10-15)12-14(17(20)21)11-13-7-3-1-4-8-13/h1,3-4,7-8,11,15H,2,5-6,9-10,12H2,(H,18,19)(H,20,21)/b14-11+. The van der Waals surface area contributed by atoms with Crippen LogP contribution in [0.1, 0.15) is 44.1 Å². The highest BCUT2D eigenvalue weighted by Gasteiger charge is 2.18. The monoisotopic (exact) mass is 287 g/mol. The Balaban J connectivity index is 1.97. The van der Waals surface area contributed by atoms with Gasteiger partial charge in [-0.15, -0.1) is 0 Å². The van der Waals surface area contributed by atoms with Crippen LogP contribution in [0.15, 0.2) is 35.9 Å². The molecule has 1 aromatic rings. The second-order valence-corrected chi connectivity index (χ2v) is 5.46. The minimum atomic E-state index is -1.04. The van der Waals surface area contributed by atoms with E-state index in [1.165, 1.54) is 6.42 Å². The van der Waals surface area contributed by atoms with Crippen molar-refractivity contribution in [2.75, 3.05) is 0 Å². The third-order valence-corrected chi connectivity index (χ3v) is 3.74. The van der Waals surface area contributed by atoms with Gasteiger partial charge >= 0.3 is 5.97 Å². The molecule has 1 fully saturated rings. The number of hydrogen-bond donors (Lipinski definition) is 2. The lowest BCUT2D eigenvalue weighted by molar-refractivity contribution is -0.134. The summed E-state index contributed by atoms with van der Waals surface area (Å²) in [5, 5.41) is 12.2. The molecule has 21 heavy (non-hydrogen) atoms. The van der Waals surface area contributed by atoms with E-state index in [-0.39, 0.29) is 23.9 Å². The van der Waals surface area contributed by atoms with Gasteiger partial charge in [0, 0.05) is 11.6 Å². The number of hydrogen-bond acceptors (Lipinski definition) is 2. The molecular weight excluding hydrogens is 266 g/mol. The molecule has 0 radical (unpaired) electrons. The number of carbonyl (C=O) groups is 2. The van der Waals surface area contributed by atoms with Crippen molar-refractivity contribution in [2.45, 2.75) is 44.6 Å². The molecule has 1 aliphatic rings. The minimum absolute atomic E-state index is 0.0826.